The molecule has 0 saturated heterocycles. The Morgan fingerprint density at radius 2 is 1.90 bits per heavy atom. The Balaban J connectivity index is 2.06. The maximum atomic E-state index is 11.3. The third kappa shape index (κ3) is 3.47. The van der Waals surface area contributed by atoms with Crippen molar-refractivity contribution in [2.45, 2.75) is 25.4 Å². The minimum atomic E-state index is -3.26. The van der Waals surface area contributed by atoms with Gasteiger partial charge < -0.3 is 5.32 Å². The number of pyridine rings is 1. The summed E-state index contributed by atoms with van der Waals surface area (Å²) in [6, 6.07) is 3.18. The second kappa shape index (κ2) is 5.49. The minimum absolute atomic E-state index is 0.0605. The van der Waals surface area contributed by atoms with Crippen molar-refractivity contribution in [3.63, 3.8) is 0 Å². The molecule has 0 fully saturated rings. The summed E-state index contributed by atoms with van der Waals surface area (Å²) in [5.74, 6) is 0.431. The zero-order valence-corrected chi connectivity index (χ0v) is 12.3. The van der Waals surface area contributed by atoms with Crippen molar-refractivity contribution in [2.24, 2.45) is 0 Å². The van der Waals surface area contributed by atoms with Crippen molar-refractivity contribution in [3.8, 4) is 0 Å². The molecule has 20 heavy (non-hydrogen) atoms. The lowest BCUT2D eigenvalue weighted by Gasteiger charge is -2.06. The van der Waals surface area contributed by atoms with Gasteiger partial charge in [0.2, 0.25) is 5.95 Å². The highest BCUT2D eigenvalue weighted by Gasteiger charge is 2.08. The second-order valence-electron chi connectivity index (χ2n) is 4.44. The monoisotopic (exact) mass is 293 g/mol. The van der Waals surface area contributed by atoms with Gasteiger partial charge in [0, 0.05) is 19.0 Å². The molecule has 7 nitrogen and oxygen atoms in total. The molecule has 0 saturated carbocycles. The summed E-state index contributed by atoms with van der Waals surface area (Å²) >= 11 is 0. The van der Waals surface area contributed by atoms with Crippen molar-refractivity contribution >= 4 is 15.8 Å². The van der Waals surface area contributed by atoms with Crippen molar-refractivity contribution in [1.29, 1.82) is 0 Å². The lowest BCUT2D eigenvalue weighted by atomic mass is 10.3. The molecular formula is C12H15N5O2S. The minimum Gasteiger partial charge on any atom is -0.349 e. The van der Waals surface area contributed by atoms with Crippen LogP contribution >= 0.6 is 0 Å². The van der Waals surface area contributed by atoms with Gasteiger partial charge >= 0.3 is 0 Å². The number of hydrogen-bond donors (Lipinski definition) is 1. The van der Waals surface area contributed by atoms with Crippen molar-refractivity contribution < 1.29 is 8.42 Å². The van der Waals surface area contributed by atoms with Crippen molar-refractivity contribution in [3.05, 3.63) is 35.3 Å². The van der Waals surface area contributed by atoms with E-state index in [4.69, 9.17) is 0 Å². The van der Waals surface area contributed by atoms with Gasteiger partial charge in [0.05, 0.1) is 11.4 Å². The van der Waals surface area contributed by atoms with Crippen LogP contribution in [-0.4, -0.2) is 34.8 Å². The van der Waals surface area contributed by atoms with Gasteiger partial charge in [0.25, 0.3) is 0 Å². The van der Waals surface area contributed by atoms with E-state index in [0.29, 0.717) is 12.5 Å². The summed E-state index contributed by atoms with van der Waals surface area (Å²) in [5.41, 5.74) is 2.43. The molecule has 0 aliphatic rings. The van der Waals surface area contributed by atoms with Crippen LogP contribution in [0.25, 0.3) is 0 Å². The number of nitrogens with zero attached hydrogens (tertiary/aromatic N) is 4. The second-order valence-corrected chi connectivity index (χ2v) is 6.40. The summed E-state index contributed by atoms with van der Waals surface area (Å²) in [4.78, 5) is 8.15. The van der Waals surface area contributed by atoms with Gasteiger partial charge in [-0.1, -0.05) is 6.07 Å². The fraction of sp³-hybridized carbons (Fsp3) is 0.333. The molecule has 2 aromatic rings. The number of hydrogen-bond acceptors (Lipinski definition) is 7. The molecule has 2 heterocycles. The van der Waals surface area contributed by atoms with Crippen LogP contribution in [0.4, 0.5) is 5.95 Å². The number of aryl methyl sites for hydroxylation is 2. The van der Waals surface area contributed by atoms with E-state index < -0.39 is 9.84 Å². The van der Waals surface area contributed by atoms with Crippen LogP contribution in [0.5, 0.6) is 0 Å². The zero-order chi connectivity index (χ0) is 14.8. The summed E-state index contributed by atoms with van der Waals surface area (Å²) in [5, 5.41) is 11.0. The van der Waals surface area contributed by atoms with E-state index in [0.717, 1.165) is 23.2 Å². The summed E-state index contributed by atoms with van der Waals surface area (Å²) in [6.45, 7) is 4.14. The molecule has 0 amide bonds. The third-order valence-electron chi connectivity index (χ3n) is 2.72. The fourth-order valence-corrected chi connectivity index (χ4v) is 2.01. The van der Waals surface area contributed by atoms with Crippen LogP contribution in [0.3, 0.4) is 0 Å². The lowest BCUT2D eigenvalue weighted by molar-refractivity contribution is 0.598. The van der Waals surface area contributed by atoms with E-state index in [1.54, 1.807) is 6.07 Å². The highest BCUT2D eigenvalue weighted by atomic mass is 32.2. The van der Waals surface area contributed by atoms with E-state index in [1.807, 2.05) is 13.8 Å². The van der Waals surface area contributed by atoms with E-state index in [2.05, 4.69) is 25.5 Å². The maximum absolute atomic E-state index is 11.3. The molecule has 0 atom stereocenters. The normalized spacial score (nSPS) is 11.3. The average Bonchev–Trinajstić information content (AvgIpc) is 2.40. The van der Waals surface area contributed by atoms with Gasteiger partial charge in [-0.2, -0.15) is 5.10 Å². The number of nitrogens with one attached hydrogen (secondary N) is 1. The number of rotatable bonds is 4. The molecule has 1 N–H and O–H groups in total. The van der Waals surface area contributed by atoms with Crippen molar-refractivity contribution in [1.82, 2.24) is 20.2 Å². The number of sulfone groups is 1. The Labute approximate surface area is 117 Å². The first-order valence-corrected chi connectivity index (χ1v) is 7.82. The molecule has 0 aromatic carbocycles. The first-order valence-electron chi connectivity index (χ1n) is 5.93. The Morgan fingerprint density at radius 3 is 2.45 bits per heavy atom. The average molecular weight is 293 g/mol. The Kier molecular flexibility index (Phi) is 3.93. The number of aromatic nitrogens is 4. The van der Waals surface area contributed by atoms with Crippen LogP contribution in [0.1, 0.15) is 17.0 Å². The standard InChI is InChI=1S/C12H15N5O2S/c1-8-9(2)16-17-12(15-8)14-7-10-4-5-11(13-6-10)20(3,18)19/h4-6H,7H2,1-3H3,(H,14,15,17). The summed E-state index contributed by atoms with van der Waals surface area (Å²) in [6.07, 6.45) is 2.64. The largest absolute Gasteiger partial charge is 0.349 e. The van der Waals surface area contributed by atoms with Gasteiger partial charge in [0.15, 0.2) is 14.9 Å². The Hall–Kier alpha value is -2.09. The Morgan fingerprint density at radius 1 is 1.15 bits per heavy atom. The molecule has 0 aliphatic carbocycles. The van der Waals surface area contributed by atoms with Gasteiger partial charge in [-0.3, -0.25) is 0 Å². The van der Waals surface area contributed by atoms with Crippen LogP contribution < -0.4 is 5.32 Å². The zero-order valence-electron chi connectivity index (χ0n) is 11.5. The fourth-order valence-electron chi connectivity index (χ4n) is 1.45. The molecular weight excluding hydrogens is 278 g/mol. The molecule has 2 rings (SSSR count). The highest BCUT2D eigenvalue weighted by molar-refractivity contribution is 7.90. The Bertz CT molecular complexity index is 713. The summed E-state index contributed by atoms with van der Waals surface area (Å²) < 4.78 is 22.6. The SMILES string of the molecule is Cc1nnc(NCc2ccc(S(C)(=O)=O)nc2)nc1C. The highest BCUT2D eigenvalue weighted by Crippen LogP contribution is 2.08. The van der Waals surface area contributed by atoms with E-state index in [1.165, 1.54) is 12.3 Å². The van der Waals surface area contributed by atoms with Gasteiger partial charge in [-0.25, -0.2) is 18.4 Å². The number of anilines is 1. The van der Waals surface area contributed by atoms with E-state index >= 15 is 0 Å². The predicted octanol–water partition coefficient (Wildman–Crippen LogP) is 0.899. The molecule has 0 spiro atoms. The molecule has 0 unspecified atom stereocenters. The third-order valence-corrected chi connectivity index (χ3v) is 3.72. The maximum Gasteiger partial charge on any atom is 0.243 e. The van der Waals surface area contributed by atoms with E-state index in [9.17, 15) is 8.42 Å². The molecule has 106 valence electrons. The van der Waals surface area contributed by atoms with Gasteiger partial charge in [-0.05, 0) is 25.5 Å². The first-order chi connectivity index (χ1) is 9.36. The van der Waals surface area contributed by atoms with Crippen LogP contribution in [-0.2, 0) is 16.4 Å². The van der Waals surface area contributed by atoms with Crippen molar-refractivity contribution in [2.75, 3.05) is 11.6 Å². The molecule has 0 radical (unpaired) electrons. The first kappa shape index (κ1) is 14.3. The lowest BCUT2D eigenvalue weighted by Crippen LogP contribution is -2.08. The predicted molar refractivity (Wildman–Crippen MR) is 74.0 cm³/mol. The summed E-state index contributed by atoms with van der Waals surface area (Å²) in [7, 11) is -3.26. The van der Waals surface area contributed by atoms with E-state index in [-0.39, 0.29) is 5.03 Å². The van der Waals surface area contributed by atoms with Crippen LogP contribution in [0.15, 0.2) is 23.4 Å². The molecule has 2 aromatic heterocycles. The van der Waals surface area contributed by atoms with Crippen LogP contribution in [0, 0.1) is 13.8 Å². The smallest absolute Gasteiger partial charge is 0.243 e. The van der Waals surface area contributed by atoms with Gasteiger partial charge in [-0.15, -0.1) is 5.10 Å². The topological polar surface area (TPSA) is 97.7 Å². The quantitative estimate of drug-likeness (QED) is 0.894. The van der Waals surface area contributed by atoms with Gasteiger partial charge in [0.1, 0.15) is 0 Å². The molecule has 0 bridgehead atoms. The van der Waals surface area contributed by atoms with Crippen LogP contribution in [0.2, 0.25) is 0 Å². The molecule has 0 aliphatic heterocycles. The molecule has 8 heteroatoms.